The molecule has 1 heterocycles. The highest BCUT2D eigenvalue weighted by molar-refractivity contribution is 7.89. The van der Waals surface area contributed by atoms with Gasteiger partial charge >= 0.3 is 0 Å². The van der Waals surface area contributed by atoms with Crippen LogP contribution in [0.15, 0.2) is 47.4 Å². The second-order valence-electron chi connectivity index (χ2n) is 6.89. The highest BCUT2D eigenvalue weighted by atomic mass is 35.5. The van der Waals surface area contributed by atoms with Crippen LogP contribution >= 0.6 is 11.6 Å². The Morgan fingerprint density at radius 1 is 1.10 bits per heavy atom. The first kappa shape index (κ1) is 22.4. The highest BCUT2D eigenvalue weighted by Crippen LogP contribution is 2.25. The molecule has 1 N–H and O–H groups in total. The number of hydrogen-bond donors (Lipinski definition) is 1. The van der Waals surface area contributed by atoms with Gasteiger partial charge in [-0.1, -0.05) is 24.1 Å². The summed E-state index contributed by atoms with van der Waals surface area (Å²) in [5, 5.41) is 2.90. The molecule has 1 saturated heterocycles. The maximum Gasteiger partial charge on any atom is 0.252 e. The molecule has 0 saturated carbocycles. The van der Waals surface area contributed by atoms with E-state index in [1.165, 1.54) is 22.5 Å². The molecule has 1 aliphatic heterocycles. The molecule has 2 aromatic carbocycles. The van der Waals surface area contributed by atoms with Gasteiger partial charge in [0, 0.05) is 19.2 Å². The van der Waals surface area contributed by atoms with Crippen molar-refractivity contribution in [1.82, 2.24) is 9.62 Å². The van der Waals surface area contributed by atoms with Crippen LogP contribution in [0.2, 0.25) is 5.02 Å². The molecule has 30 heavy (non-hydrogen) atoms. The van der Waals surface area contributed by atoms with E-state index in [4.69, 9.17) is 21.1 Å². The first-order chi connectivity index (χ1) is 14.4. The third kappa shape index (κ3) is 5.44. The minimum Gasteiger partial charge on any atom is -0.497 e. The molecule has 0 atom stereocenters. The predicted molar refractivity (Wildman–Crippen MR) is 115 cm³/mol. The van der Waals surface area contributed by atoms with E-state index in [1.54, 1.807) is 25.3 Å². The van der Waals surface area contributed by atoms with Crippen LogP contribution < -0.4 is 14.8 Å². The Kier molecular flexibility index (Phi) is 7.58. The van der Waals surface area contributed by atoms with Crippen molar-refractivity contribution in [3.63, 3.8) is 0 Å². The number of carbonyl (C=O) groups is 1. The van der Waals surface area contributed by atoms with Crippen LogP contribution in [0.4, 0.5) is 0 Å². The Balaban J connectivity index is 1.62. The number of nitrogens with one attached hydrogen (secondary N) is 1. The molecule has 0 aromatic heterocycles. The van der Waals surface area contributed by atoms with Crippen molar-refractivity contribution < 1.29 is 22.7 Å². The number of hydrogen-bond acceptors (Lipinski definition) is 5. The molecule has 0 radical (unpaired) electrons. The summed E-state index contributed by atoms with van der Waals surface area (Å²) in [6, 6.07) is 11.4. The quantitative estimate of drug-likeness (QED) is 0.621. The number of halogens is 1. The van der Waals surface area contributed by atoms with Gasteiger partial charge in [0.05, 0.1) is 29.1 Å². The molecular weight excluding hydrogens is 428 g/mol. The van der Waals surface area contributed by atoms with E-state index in [0.717, 1.165) is 19.3 Å². The van der Waals surface area contributed by atoms with Gasteiger partial charge in [0.25, 0.3) is 5.91 Å². The molecule has 3 rings (SSSR count). The predicted octanol–water partition coefficient (Wildman–Crippen LogP) is 3.33. The number of sulfonamides is 1. The number of rotatable bonds is 8. The second-order valence-corrected chi connectivity index (χ2v) is 9.23. The Morgan fingerprint density at radius 2 is 1.83 bits per heavy atom. The summed E-state index contributed by atoms with van der Waals surface area (Å²) in [5.41, 5.74) is 0.121. The lowest BCUT2D eigenvalue weighted by Crippen LogP contribution is -2.35. The van der Waals surface area contributed by atoms with Crippen LogP contribution in [0.1, 0.15) is 29.6 Å². The normalized spacial score (nSPS) is 14.9. The van der Waals surface area contributed by atoms with Crippen molar-refractivity contribution in [1.29, 1.82) is 0 Å². The fourth-order valence-electron chi connectivity index (χ4n) is 3.21. The highest BCUT2D eigenvalue weighted by Gasteiger charge is 2.27. The Morgan fingerprint density at radius 3 is 2.57 bits per heavy atom. The van der Waals surface area contributed by atoms with E-state index in [9.17, 15) is 13.2 Å². The van der Waals surface area contributed by atoms with Gasteiger partial charge in [0.15, 0.2) is 0 Å². The largest absolute Gasteiger partial charge is 0.497 e. The summed E-state index contributed by atoms with van der Waals surface area (Å²) < 4.78 is 37.9. The lowest BCUT2D eigenvalue weighted by atomic mass is 10.2. The van der Waals surface area contributed by atoms with Gasteiger partial charge in [-0.05, 0) is 43.2 Å². The molecule has 0 spiro atoms. The second kappa shape index (κ2) is 10.1. The van der Waals surface area contributed by atoms with E-state index >= 15 is 0 Å². The van der Waals surface area contributed by atoms with Crippen molar-refractivity contribution in [2.75, 3.05) is 33.4 Å². The molecule has 1 fully saturated rings. The lowest BCUT2D eigenvalue weighted by Gasteiger charge is -2.26. The van der Waals surface area contributed by atoms with E-state index in [-0.39, 0.29) is 28.6 Å². The summed E-state index contributed by atoms with van der Waals surface area (Å²) >= 11 is 6.15. The van der Waals surface area contributed by atoms with Crippen molar-refractivity contribution in [3.8, 4) is 11.5 Å². The maximum atomic E-state index is 12.9. The first-order valence-electron chi connectivity index (χ1n) is 9.76. The average molecular weight is 453 g/mol. The van der Waals surface area contributed by atoms with Gasteiger partial charge < -0.3 is 14.8 Å². The zero-order valence-corrected chi connectivity index (χ0v) is 18.3. The van der Waals surface area contributed by atoms with Crippen LogP contribution in [-0.4, -0.2) is 52.0 Å². The number of carbonyl (C=O) groups excluding carboxylic acids is 1. The van der Waals surface area contributed by atoms with E-state index in [2.05, 4.69) is 5.32 Å². The molecule has 0 bridgehead atoms. The molecule has 0 unspecified atom stereocenters. The molecule has 0 aliphatic carbocycles. The van der Waals surface area contributed by atoms with Gasteiger partial charge in [-0.25, -0.2) is 8.42 Å². The van der Waals surface area contributed by atoms with Crippen LogP contribution in [0, 0.1) is 0 Å². The van der Waals surface area contributed by atoms with Crippen molar-refractivity contribution in [2.45, 2.75) is 24.2 Å². The minimum absolute atomic E-state index is 0.0755. The van der Waals surface area contributed by atoms with Gasteiger partial charge in [-0.15, -0.1) is 0 Å². The molecule has 162 valence electrons. The minimum atomic E-state index is -3.64. The zero-order valence-electron chi connectivity index (χ0n) is 16.8. The first-order valence-corrected chi connectivity index (χ1v) is 11.6. The number of amides is 1. The van der Waals surface area contributed by atoms with Crippen molar-refractivity contribution in [3.05, 3.63) is 53.1 Å². The Hall–Kier alpha value is -2.29. The smallest absolute Gasteiger partial charge is 0.252 e. The van der Waals surface area contributed by atoms with E-state index in [0.29, 0.717) is 24.6 Å². The van der Waals surface area contributed by atoms with Gasteiger partial charge in [0.1, 0.15) is 18.1 Å². The summed E-state index contributed by atoms with van der Waals surface area (Å²) in [6.07, 6.45) is 2.71. The zero-order chi connectivity index (χ0) is 21.6. The number of benzene rings is 2. The summed E-state index contributed by atoms with van der Waals surface area (Å²) in [6.45, 7) is 1.46. The SMILES string of the molecule is COc1cccc(OCCNC(=O)c2cc(S(=O)(=O)N3CCCCC3)ccc2Cl)c1. The van der Waals surface area contributed by atoms with Crippen LogP contribution in [-0.2, 0) is 10.0 Å². The van der Waals surface area contributed by atoms with E-state index in [1.807, 2.05) is 6.07 Å². The fraction of sp³-hybridized carbons (Fsp3) is 0.381. The number of methoxy groups -OCH3 is 1. The van der Waals surface area contributed by atoms with Crippen LogP contribution in [0.5, 0.6) is 11.5 Å². The average Bonchev–Trinajstić information content (AvgIpc) is 2.77. The summed E-state index contributed by atoms with van der Waals surface area (Å²) in [5.74, 6) is 0.844. The van der Waals surface area contributed by atoms with Crippen molar-refractivity contribution in [2.24, 2.45) is 0 Å². The summed E-state index contributed by atoms with van der Waals surface area (Å²) in [4.78, 5) is 12.6. The monoisotopic (exact) mass is 452 g/mol. The third-order valence-electron chi connectivity index (χ3n) is 4.83. The standard InChI is InChI=1S/C21H25ClN2O5S/c1-28-16-6-5-7-17(14-16)29-13-10-23-21(25)19-15-18(8-9-20(19)22)30(26,27)24-11-3-2-4-12-24/h5-9,14-15H,2-4,10-13H2,1H3,(H,23,25). The summed E-state index contributed by atoms with van der Waals surface area (Å²) in [7, 11) is -2.07. The number of ether oxygens (including phenoxy) is 2. The lowest BCUT2D eigenvalue weighted by molar-refractivity contribution is 0.0947. The molecule has 9 heteroatoms. The molecule has 1 aliphatic rings. The van der Waals surface area contributed by atoms with Gasteiger partial charge in [0.2, 0.25) is 10.0 Å². The third-order valence-corrected chi connectivity index (χ3v) is 7.06. The maximum absolute atomic E-state index is 12.9. The van der Waals surface area contributed by atoms with Gasteiger partial charge in [-0.3, -0.25) is 4.79 Å². The molecule has 1 amide bonds. The van der Waals surface area contributed by atoms with E-state index < -0.39 is 15.9 Å². The van der Waals surface area contributed by atoms with Crippen LogP contribution in [0.25, 0.3) is 0 Å². The Labute approximate surface area is 182 Å². The van der Waals surface area contributed by atoms with Crippen molar-refractivity contribution >= 4 is 27.5 Å². The number of piperidine rings is 1. The Bertz CT molecular complexity index is 991. The number of nitrogens with zero attached hydrogens (tertiary/aromatic N) is 1. The fourth-order valence-corrected chi connectivity index (χ4v) is 4.96. The van der Waals surface area contributed by atoms with Gasteiger partial charge in [-0.2, -0.15) is 4.31 Å². The van der Waals surface area contributed by atoms with Crippen LogP contribution in [0.3, 0.4) is 0 Å². The molecule has 2 aromatic rings. The topological polar surface area (TPSA) is 84.9 Å². The molecule has 7 nitrogen and oxygen atoms in total. The molecular formula is C21H25ClN2O5S.